The van der Waals surface area contributed by atoms with Gasteiger partial charge in [0.25, 0.3) is 0 Å². The number of hydrogen-bond acceptors (Lipinski definition) is 3. The highest BCUT2D eigenvalue weighted by Crippen LogP contribution is 2.20. The molecular weight excluding hydrogens is 274 g/mol. The average molecular weight is 286 g/mol. The second kappa shape index (κ2) is 5.35. The molecule has 0 saturated heterocycles. The van der Waals surface area contributed by atoms with Crippen molar-refractivity contribution >= 4 is 28.8 Å². The van der Waals surface area contributed by atoms with Crippen LogP contribution in [0.1, 0.15) is 15.9 Å². The summed E-state index contributed by atoms with van der Waals surface area (Å²) in [7, 11) is 0. The largest absolute Gasteiger partial charge is 0.322 e. The molecule has 0 aliphatic rings. The van der Waals surface area contributed by atoms with Gasteiger partial charge < -0.3 is 5.43 Å². The van der Waals surface area contributed by atoms with Crippen molar-refractivity contribution in [2.75, 3.05) is 5.43 Å². The molecule has 100 valence electrons. The van der Waals surface area contributed by atoms with Gasteiger partial charge in [-0.2, -0.15) is 0 Å². The van der Waals surface area contributed by atoms with Crippen LogP contribution in [0.5, 0.6) is 0 Å². The molecule has 0 saturated carbocycles. The molecule has 5 heteroatoms. The fourth-order valence-electron chi connectivity index (χ4n) is 2.09. The Bertz CT molecular complexity index is 767. The fraction of sp³-hybridized carbons (Fsp3) is 0.0667. The summed E-state index contributed by atoms with van der Waals surface area (Å²) in [6.07, 6.45) is 6.14. The number of carbonyl (C=O) groups is 1. The molecule has 0 atom stereocenters. The Hall–Kier alpha value is -2.33. The Morgan fingerprint density at radius 1 is 1.30 bits per heavy atom. The minimum atomic E-state index is 0.633. The van der Waals surface area contributed by atoms with Gasteiger partial charge in [0.15, 0.2) is 6.29 Å². The van der Waals surface area contributed by atoms with E-state index < -0.39 is 0 Å². The highest BCUT2D eigenvalue weighted by atomic mass is 35.5. The van der Waals surface area contributed by atoms with Crippen LogP contribution in [0.15, 0.2) is 48.9 Å². The summed E-state index contributed by atoms with van der Waals surface area (Å²) >= 11 is 5.97. The van der Waals surface area contributed by atoms with E-state index in [1.807, 2.05) is 30.5 Å². The summed E-state index contributed by atoms with van der Waals surface area (Å²) in [5, 5.41) is 1.74. The molecule has 3 aromatic rings. The molecule has 0 radical (unpaired) electrons. The number of rotatable bonds is 4. The quantitative estimate of drug-likeness (QED) is 0.749. The van der Waals surface area contributed by atoms with Crippen molar-refractivity contribution in [1.29, 1.82) is 0 Å². The predicted molar refractivity (Wildman–Crippen MR) is 79.6 cm³/mol. The number of aromatic nitrogens is 2. The number of benzene rings is 1. The average Bonchev–Trinajstić information content (AvgIpc) is 2.92. The third-order valence-corrected chi connectivity index (χ3v) is 3.33. The van der Waals surface area contributed by atoms with Crippen LogP contribution in [0.3, 0.4) is 0 Å². The molecular formula is C15H12ClN3O. The third-order valence-electron chi connectivity index (χ3n) is 3.10. The lowest BCUT2D eigenvalue weighted by atomic mass is 10.1. The third kappa shape index (κ3) is 2.51. The van der Waals surface area contributed by atoms with Gasteiger partial charge in [0.1, 0.15) is 0 Å². The molecule has 0 amide bonds. The molecule has 3 rings (SSSR count). The second-order valence-corrected chi connectivity index (χ2v) is 4.87. The monoisotopic (exact) mass is 285 g/mol. The van der Waals surface area contributed by atoms with Gasteiger partial charge in [0, 0.05) is 34.6 Å². The Kier molecular flexibility index (Phi) is 3.39. The van der Waals surface area contributed by atoms with E-state index in [1.54, 1.807) is 23.1 Å². The van der Waals surface area contributed by atoms with Gasteiger partial charge in [-0.1, -0.05) is 17.7 Å². The number of nitrogens with zero attached hydrogens (tertiary/aromatic N) is 2. The van der Waals surface area contributed by atoms with E-state index in [2.05, 4.69) is 10.4 Å². The summed E-state index contributed by atoms with van der Waals surface area (Å²) in [6.45, 7) is 0.633. The first-order chi connectivity index (χ1) is 9.76. The van der Waals surface area contributed by atoms with E-state index in [1.165, 1.54) is 0 Å². The lowest BCUT2D eigenvalue weighted by Crippen LogP contribution is -2.12. The minimum absolute atomic E-state index is 0.633. The normalized spacial score (nSPS) is 10.7. The summed E-state index contributed by atoms with van der Waals surface area (Å²) in [5.74, 6) is 0. The highest BCUT2D eigenvalue weighted by molar-refractivity contribution is 6.31. The van der Waals surface area contributed by atoms with Gasteiger partial charge in [-0.05, 0) is 29.8 Å². The van der Waals surface area contributed by atoms with Crippen LogP contribution in [0.25, 0.3) is 10.9 Å². The van der Waals surface area contributed by atoms with Gasteiger partial charge in [-0.3, -0.25) is 14.5 Å². The molecule has 0 aliphatic heterocycles. The maximum atomic E-state index is 10.6. The molecule has 20 heavy (non-hydrogen) atoms. The molecule has 0 aliphatic carbocycles. The van der Waals surface area contributed by atoms with Gasteiger partial charge >= 0.3 is 0 Å². The first kappa shape index (κ1) is 12.7. The standard InChI is InChI=1S/C15H12ClN3O/c16-13-1-2-14-12(3-5-17-15(14)7-13)8-18-19-6-4-11(9-19)10-20/h1-7,9-10,18H,8H2. The molecule has 1 aromatic carbocycles. The summed E-state index contributed by atoms with van der Waals surface area (Å²) in [5.41, 5.74) is 5.85. The maximum absolute atomic E-state index is 10.6. The first-order valence-electron chi connectivity index (χ1n) is 6.16. The van der Waals surface area contributed by atoms with Crippen LogP contribution in [0.4, 0.5) is 0 Å². The van der Waals surface area contributed by atoms with Gasteiger partial charge in [-0.15, -0.1) is 0 Å². The number of aldehydes is 1. The zero-order chi connectivity index (χ0) is 13.9. The number of halogens is 1. The van der Waals surface area contributed by atoms with Crippen molar-refractivity contribution in [2.45, 2.75) is 6.54 Å². The van der Waals surface area contributed by atoms with E-state index in [0.717, 1.165) is 22.8 Å². The molecule has 2 aromatic heterocycles. The number of carbonyl (C=O) groups excluding carboxylic acids is 1. The Balaban J connectivity index is 1.85. The predicted octanol–water partition coefficient (Wildman–Crippen LogP) is 3.25. The Morgan fingerprint density at radius 3 is 3.00 bits per heavy atom. The van der Waals surface area contributed by atoms with Gasteiger partial charge in [-0.25, -0.2) is 0 Å². The number of pyridine rings is 1. The van der Waals surface area contributed by atoms with Crippen LogP contribution in [-0.4, -0.2) is 15.9 Å². The van der Waals surface area contributed by atoms with Crippen LogP contribution in [0, 0.1) is 0 Å². The zero-order valence-electron chi connectivity index (χ0n) is 10.6. The second-order valence-electron chi connectivity index (χ2n) is 4.44. The van der Waals surface area contributed by atoms with E-state index in [0.29, 0.717) is 17.1 Å². The van der Waals surface area contributed by atoms with Gasteiger partial charge in [0.2, 0.25) is 0 Å². The lowest BCUT2D eigenvalue weighted by molar-refractivity contribution is 0.112. The van der Waals surface area contributed by atoms with E-state index in [4.69, 9.17) is 11.6 Å². The van der Waals surface area contributed by atoms with Crippen LogP contribution in [0.2, 0.25) is 5.02 Å². The maximum Gasteiger partial charge on any atom is 0.151 e. The molecule has 0 spiro atoms. The first-order valence-corrected chi connectivity index (χ1v) is 6.54. The van der Waals surface area contributed by atoms with Crippen LogP contribution in [-0.2, 0) is 6.54 Å². The molecule has 4 nitrogen and oxygen atoms in total. The SMILES string of the molecule is O=Cc1ccn(NCc2ccnc3cc(Cl)ccc23)c1. The van der Waals surface area contributed by atoms with E-state index in [9.17, 15) is 4.79 Å². The number of fused-ring (bicyclic) bond motifs is 1. The zero-order valence-corrected chi connectivity index (χ0v) is 11.3. The fourth-order valence-corrected chi connectivity index (χ4v) is 2.26. The molecule has 1 N–H and O–H groups in total. The van der Waals surface area contributed by atoms with Crippen molar-refractivity contribution in [3.05, 3.63) is 65.1 Å². The Labute approximate surface area is 121 Å². The molecule has 0 fully saturated rings. The Morgan fingerprint density at radius 2 is 2.20 bits per heavy atom. The summed E-state index contributed by atoms with van der Waals surface area (Å²) in [4.78, 5) is 14.9. The van der Waals surface area contributed by atoms with Crippen molar-refractivity contribution in [2.24, 2.45) is 0 Å². The number of nitrogens with one attached hydrogen (secondary N) is 1. The highest BCUT2D eigenvalue weighted by Gasteiger charge is 2.03. The van der Waals surface area contributed by atoms with Crippen molar-refractivity contribution in [1.82, 2.24) is 9.66 Å². The smallest absolute Gasteiger partial charge is 0.151 e. The van der Waals surface area contributed by atoms with Crippen LogP contribution < -0.4 is 5.43 Å². The van der Waals surface area contributed by atoms with Crippen molar-refractivity contribution in [3.63, 3.8) is 0 Å². The lowest BCUT2D eigenvalue weighted by Gasteiger charge is -2.10. The topological polar surface area (TPSA) is 46.9 Å². The summed E-state index contributed by atoms with van der Waals surface area (Å²) < 4.78 is 1.77. The van der Waals surface area contributed by atoms with Crippen LogP contribution >= 0.6 is 11.6 Å². The number of hydrogen-bond donors (Lipinski definition) is 1. The van der Waals surface area contributed by atoms with E-state index >= 15 is 0 Å². The van der Waals surface area contributed by atoms with E-state index in [-0.39, 0.29) is 0 Å². The van der Waals surface area contributed by atoms with Crippen molar-refractivity contribution in [3.8, 4) is 0 Å². The van der Waals surface area contributed by atoms with Gasteiger partial charge in [0.05, 0.1) is 12.1 Å². The molecule has 0 bridgehead atoms. The molecule has 0 unspecified atom stereocenters. The summed E-state index contributed by atoms with van der Waals surface area (Å²) in [6, 6.07) is 9.39. The van der Waals surface area contributed by atoms with Crippen molar-refractivity contribution < 1.29 is 4.79 Å². The minimum Gasteiger partial charge on any atom is -0.322 e. The molecule has 2 heterocycles.